The first-order chi connectivity index (χ1) is 14.2. The summed E-state index contributed by atoms with van der Waals surface area (Å²) in [6, 6.07) is 16.8. The molecule has 7 heteroatoms. The maximum absolute atomic E-state index is 12.5. The maximum atomic E-state index is 12.5. The highest BCUT2D eigenvalue weighted by molar-refractivity contribution is 5.93. The summed E-state index contributed by atoms with van der Waals surface area (Å²) in [5, 5.41) is 7.28. The quantitative estimate of drug-likeness (QED) is 0.562. The number of aromatic nitrogens is 2. The molecular formula is C22H25N3O4. The van der Waals surface area contributed by atoms with Crippen LogP contribution in [0.25, 0.3) is 11.3 Å². The van der Waals surface area contributed by atoms with E-state index < -0.39 is 0 Å². The van der Waals surface area contributed by atoms with Crippen LogP contribution in [0.4, 0.5) is 0 Å². The molecule has 1 N–H and O–H groups in total. The number of amides is 1. The minimum absolute atomic E-state index is 0.248. The summed E-state index contributed by atoms with van der Waals surface area (Å²) in [4.78, 5) is 12.5. The maximum Gasteiger partial charge on any atom is 0.271 e. The standard InChI is InChI=1S/C22H25N3O4/c1-4-25-20(18-11-10-17(27-2)14-21(18)28-3)15-19(24-25)22(26)23-12-13-29-16-8-6-5-7-9-16/h5-11,14-15H,4,12-13H2,1-3H3,(H,23,26). The summed E-state index contributed by atoms with van der Waals surface area (Å²) in [5.74, 6) is 1.88. The van der Waals surface area contributed by atoms with Gasteiger partial charge in [-0.05, 0) is 37.3 Å². The smallest absolute Gasteiger partial charge is 0.271 e. The van der Waals surface area contributed by atoms with Crippen LogP contribution in [0.15, 0.2) is 54.6 Å². The van der Waals surface area contributed by atoms with Crippen LogP contribution in [0, 0.1) is 0 Å². The monoisotopic (exact) mass is 395 g/mol. The van der Waals surface area contributed by atoms with Crippen LogP contribution in [-0.4, -0.2) is 43.1 Å². The lowest BCUT2D eigenvalue weighted by Gasteiger charge is -2.11. The van der Waals surface area contributed by atoms with E-state index in [1.54, 1.807) is 25.0 Å². The number of ether oxygens (including phenoxy) is 3. The van der Waals surface area contributed by atoms with Crippen molar-refractivity contribution in [3.63, 3.8) is 0 Å². The molecule has 29 heavy (non-hydrogen) atoms. The first-order valence-corrected chi connectivity index (χ1v) is 9.42. The Kier molecular flexibility index (Phi) is 6.73. The highest BCUT2D eigenvalue weighted by Gasteiger charge is 2.18. The first kappa shape index (κ1) is 20.3. The minimum atomic E-state index is -0.248. The second-order valence-corrected chi connectivity index (χ2v) is 6.21. The Morgan fingerprint density at radius 2 is 1.83 bits per heavy atom. The second kappa shape index (κ2) is 9.64. The van der Waals surface area contributed by atoms with Gasteiger partial charge in [-0.15, -0.1) is 0 Å². The van der Waals surface area contributed by atoms with Crippen molar-refractivity contribution < 1.29 is 19.0 Å². The van der Waals surface area contributed by atoms with Gasteiger partial charge in [0.15, 0.2) is 5.69 Å². The van der Waals surface area contributed by atoms with Gasteiger partial charge in [0.2, 0.25) is 0 Å². The number of hydrogen-bond acceptors (Lipinski definition) is 5. The molecule has 0 radical (unpaired) electrons. The molecule has 0 fully saturated rings. The zero-order chi connectivity index (χ0) is 20.6. The second-order valence-electron chi connectivity index (χ2n) is 6.21. The Morgan fingerprint density at radius 3 is 2.52 bits per heavy atom. The van der Waals surface area contributed by atoms with Gasteiger partial charge in [0, 0.05) is 18.2 Å². The van der Waals surface area contributed by atoms with Gasteiger partial charge in [-0.2, -0.15) is 5.10 Å². The fraction of sp³-hybridized carbons (Fsp3) is 0.273. The van der Waals surface area contributed by atoms with Crippen molar-refractivity contribution in [2.24, 2.45) is 0 Å². The van der Waals surface area contributed by atoms with E-state index in [2.05, 4.69) is 10.4 Å². The van der Waals surface area contributed by atoms with Gasteiger partial charge in [0.05, 0.1) is 26.5 Å². The molecule has 0 unspecified atom stereocenters. The van der Waals surface area contributed by atoms with E-state index in [0.717, 1.165) is 17.0 Å². The van der Waals surface area contributed by atoms with Crippen molar-refractivity contribution in [3.8, 4) is 28.5 Å². The third-order valence-electron chi connectivity index (χ3n) is 4.40. The molecule has 1 amide bonds. The number of carbonyl (C=O) groups excluding carboxylic acids is 1. The zero-order valence-electron chi connectivity index (χ0n) is 16.8. The number of hydrogen-bond donors (Lipinski definition) is 1. The zero-order valence-corrected chi connectivity index (χ0v) is 16.8. The Labute approximate surface area is 170 Å². The van der Waals surface area contributed by atoms with Crippen LogP contribution in [0.5, 0.6) is 17.2 Å². The van der Waals surface area contributed by atoms with Crippen LogP contribution in [0.1, 0.15) is 17.4 Å². The first-order valence-electron chi connectivity index (χ1n) is 9.42. The van der Waals surface area contributed by atoms with E-state index >= 15 is 0 Å². The molecule has 0 aliphatic rings. The molecular weight excluding hydrogens is 370 g/mol. The predicted molar refractivity (Wildman–Crippen MR) is 111 cm³/mol. The average Bonchev–Trinajstić information content (AvgIpc) is 3.21. The van der Waals surface area contributed by atoms with Gasteiger partial charge < -0.3 is 19.5 Å². The van der Waals surface area contributed by atoms with Crippen molar-refractivity contribution >= 4 is 5.91 Å². The molecule has 0 atom stereocenters. The lowest BCUT2D eigenvalue weighted by Crippen LogP contribution is -2.28. The van der Waals surface area contributed by atoms with Crippen molar-refractivity contribution in [3.05, 3.63) is 60.3 Å². The summed E-state index contributed by atoms with van der Waals surface area (Å²) >= 11 is 0. The number of nitrogens with one attached hydrogen (secondary N) is 1. The molecule has 0 aliphatic carbocycles. The third kappa shape index (κ3) is 4.87. The van der Waals surface area contributed by atoms with Crippen molar-refractivity contribution in [2.45, 2.75) is 13.5 Å². The number of para-hydroxylation sites is 1. The third-order valence-corrected chi connectivity index (χ3v) is 4.40. The number of carbonyl (C=O) groups is 1. The van der Waals surface area contributed by atoms with Gasteiger partial charge in [-0.25, -0.2) is 0 Å². The molecule has 3 aromatic rings. The van der Waals surface area contributed by atoms with E-state index in [1.165, 1.54) is 0 Å². The molecule has 0 bridgehead atoms. The highest BCUT2D eigenvalue weighted by Crippen LogP contribution is 2.33. The molecule has 1 heterocycles. The van der Waals surface area contributed by atoms with Gasteiger partial charge in [0.1, 0.15) is 23.9 Å². The van der Waals surface area contributed by atoms with Crippen molar-refractivity contribution in [2.75, 3.05) is 27.4 Å². The number of benzene rings is 2. The van der Waals surface area contributed by atoms with E-state index in [-0.39, 0.29) is 5.91 Å². The topological polar surface area (TPSA) is 74.6 Å². The molecule has 0 aliphatic heterocycles. The summed E-state index contributed by atoms with van der Waals surface area (Å²) in [6.45, 7) is 3.36. The van der Waals surface area contributed by atoms with Crippen LogP contribution in [0.2, 0.25) is 0 Å². The molecule has 1 aromatic heterocycles. The van der Waals surface area contributed by atoms with Crippen LogP contribution in [0.3, 0.4) is 0 Å². The van der Waals surface area contributed by atoms with E-state index in [0.29, 0.717) is 36.9 Å². The Morgan fingerprint density at radius 1 is 1.03 bits per heavy atom. The number of rotatable bonds is 9. The lowest BCUT2D eigenvalue weighted by atomic mass is 10.1. The Hall–Kier alpha value is -3.48. The number of aryl methyl sites for hydroxylation is 1. The largest absolute Gasteiger partial charge is 0.497 e. The number of nitrogens with zero attached hydrogens (tertiary/aromatic N) is 2. The van der Waals surface area contributed by atoms with Gasteiger partial charge in [-0.1, -0.05) is 18.2 Å². The highest BCUT2D eigenvalue weighted by atomic mass is 16.5. The Balaban J connectivity index is 1.70. The fourth-order valence-electron chi connectivity index (χ4n) is 2.94. The lowest BCUT2D eigenvalue weighted by molar-refractivity contribution is 0.0941. The number of methoxy groups -OCH3 is 2. The fourth-order valence-corrected chi connectivity index (χ4v) is 2.94. The van der Waals surface area contributed by atoms with Crippen molar-refractivity contribution in [1.82, 2.24) is 15.1 Å². The SMILES string of the molecule is CCn1nc(C(=O)NCCOc2ccccc2)cc1-c1ccc(OC)cc1OC. The van der Waals surface area contributed by atoms with Gasteiger partial charge in [-0.3, -0.25) is 9.48 Å². The van der Waals surface area contributed by atoms with Gasteiger partial charge in [0.25, 0.3) is 5.91 Å². The van der Waals surface area contributed by atoms with E-state index in [1.807, 2.05) is 55.5 Å². The van der Waals surface area contributed by atoms with E-state index in [4.69, 9.17) is 14.2 Å². The Bertz CT molecular complexity index is 954. The molecule has 3 rings (SSSR count). The predicted octanol–water partition coefficient (Wildman–Crippen LogP) is 3.40. The molecule has 0 saturated heterocycles. The summed E-state index contributed by atoms with van der Waals surface area (Å²) < 4.78 is 18.1. The van der Waals surface area contributed by atoms with Gasteiger partial charge >= 0.3 is 0 Å². The molecule has 7 nitrogen and oxygen atoms in total. The summed E-state index contributed by atoms with van der Waals surface area (Å²) in [7, 11) is 3.21. The molecule has 2 aromatic carbocycles. The molecule has 152 valence electrons. The van der Waals surface area contributed by atoms with E-state index in [9.17, 15) is 4.79 Å². The summed E-state index contributed by atoms with van der Waals surface area (Å²) in [6.07, 6.45) is 0. The molecule has 0 saturated carbocycles. The van der Waals surface area contributed by atoms with Crippen molar-refractivity contribution in [1.29, 1.82) is 0 Å². The average molecular weight is 395 g/mol. The van der Waals surface area contributed by atoms with Crippen LogP contribution in [-0.2, 0) is 6.54 Å². The molecule has 0 spiro atoms. The van der Waals surface area contributed by atoms with Crippen LogP contribution >= 0.6 is 0 Å². The van der Waals surface area contributed by atoms with Crippen LogP contribution < -0.4 is 19.5 Å². The normalized spacial score (nSPS) is 10.4. The summed E-state index contributed by atoms with van der Waals surface area (Å²) in [5.41, 5.74) is 1.99. The minimum Gasteiger partial charge on any atom is -0.497 e.